The van der Waals surface area contributed by atoms with Gasteiger partial charge in [-0.05, 0) is 63.4 Å². The van der Waals surface area contributed by atoms with Gasteiger partial charge < -0.3 is 4.74 Å². The van der Waals surface area contributed by atoms with Crippen molar-refractivity contribution in [3.63, 3.8) is 0 Å². The maximum atomic E-state index is 6.04. The second-order valence-electron chi connectivity index (χ2n) is 6.18. The van der Waals surface area contributed by atoms with Gasteiger partial charge in [0, 0.05) is 11.1 Å². The summed E-state index contributed by atoms with van der Waals surface area (Å²) in [5.41, 5.74) is 3.56. The van der Waals surface area contributed by atoms with Gasteiger partial charge in [-0.25, -0.2) is 4.68 Å². The van der Waals surface area contributed by atoms with Crippen LogP contribution in [0.3, 0.4) is 0 Å². The smallest absolute Gasteiger partial charge is 0.119 e. The first-order valence-corrected chi connectivity index (χ1v) is 8.30. The molecular weight excluding hydrogens is 272 g/mol. The Kier molecular flexibility index (Phi) is 5.28. The molecule has 3 nitrogen and oxygen atoms in total. The number of nitrogens with zero attached hydrogens (tertiary/aromatic N) is 2. The Hall–Kier alpha value is -1.77. The summed E-state index contributed by atoms with van der Waals surface area (Å²) in [6, 6.07) is 10.3. The van der Waals surface area contributed by atoms with Crippen LogP contribution in [0.2, 0.25) is 0 Å². The molecule has 0 amide bonds. The van der Waals surface area contributed by atoms with Crippen LogP contribution in [-0.2, 0) is 0 Å². The predicted octanol–water partition coefficient (Wildman–Crippen LogP) is 5.08. The third kappa shape index (κ3) is 3.52. The van der Waals surface area contributed by atoms with Crippen LogP contribution in [0.1, 0.15) is 51.4 Å². The van der Waals surface area contributed by atoms with Gasteiger partial charge in [0.05, 0.1) is 18.0 Å². The average Bonchev–Trinajstić information content (AvgIpc) is 2.88. The topological polar surface area (TPSA) is 27.1 Å². The molecule has 1 heterocycles. The Morgan fingerprint density at radius 2 is 1.59 bits per heavy atom. The molecule has 0 saturated carbocycles. The van der Waals surface area contributed by atoms with Gasteiger partial charge >= 0.3 is 0 Å². The van der Waals surface area contributed by atoms with Crippen LogP contribution in [0.25, 0.3) is 5.69 Å². The largest absolute Gasteiger partial charge is 0.493 e. The lowest BCUT2D eigenvalue weighted by atomic mass is 9.81. The van der Waals surface area contributed by atoms with Crippen molar-refractivity contribution in [2.24, 2.45) is 5.41 Å². The van der Waals surface area contributed by atoms with E-state index in [0.29, 0.717) is 5.41 Å². The second-order valence-corrected chi connectivity index (χ2v) is 6.18. The van der Waals surface area contributed by atoms with Gasteiger partial charge in [-0.15, -0.1) is 0 Å². The molecule has 120 valence electrons. The van der Waals surface area contributed by atoms with E-state index in [1.807, 2.05) is 23.7 Å². The van der Waals surface area contributed by atoms with E-state index in [9.17, 15) is 0 Å². The molecule has 0 radical (unpaired) electrons. The maximum absolute atomic E-state index is 6.04. The van der Waals surface area contributed by atoms with Crippen molar-refractivity contribution in [1.29, 1.82) is 0 Å². The summed E-state index contributed by atoms with van der Waals surface area (Å²) in [5.74, 6) is 0.935. The highest BCUT2D eigenvalue weighted by Gasteiger charge is 2.24. The summed E-state index contributed by atoms with van der Waals surface area (Å²) in [6.45, 7) is 11.6. The Labute approximate surface area is 134 Å². The fraction of sp³-hybridized carbons (Fsp3) is 0.526. The zero-order valence-electron chi connectivity index (χ0n) is 14.5. The lowest BCUT2D eigenvalue weighted by Gasteiger charge is -2.30. The third-order valence-electron chi connectivity index (χ3n) is 4.89. The first kappa shape index (κ1) is 16.6. The molecule has 22 heavy (non-hydrogen) atoms. The second kappa shape index (κ2) is 6.99. The van der Waals surface area contributed by atoms with E-state index in [1.165, 1.54) is 0 Å². The van der Waals surface area contributed by atoms with Gasteiger partial charge in [-0.3, -0.25) is 0 Å². The number of hydrogen-bond donors (Lipinski definition) is 0. The highest BCUT2D eigenvalue weighted by atomic mass is 16.5. The molecule has 1 aromatic carbocycles. The lowest BCUT2D eigenvalue weighted by molar-refractivity contribution is 0.128. The molecule has 0 saturated heterocycles. The Morgan fingerprint density at radius 3 is 2.05 bits per heavy atom. The first-order valence-electron chi connectivity index (χ1n) is 8.30. The zero-order valence-corrected chi connectivity index (χ0v) is 14.5. The number of benzene rings is 1. The molecule has 0 atom stereocenters. The van der Waals surface area contributed by atoms with E-state index in [4.69, 9.17) is 4.74 Å². The minimum absolute atomic E-state index is 0.300. The molecule has 0 fully saturated rings. The average molecular weight is 300 g/mol. The maximum Gasteiger partial charge on any atom is 0.119 e. The van der Waals surface area contributed by atoms with Crippen LogP contribution in [0.4, 0.5) is 0 Å². The monoisotopic (exact) mass is 300 g/mol. The zero-order chi connectivity index (χ0) is 16.2. The van der Waals surface area contributed by atoms with Crippen molar-refractivity contribution >= 4 is 0 Å². The van der Waals surface area contributed by atoms with Crippen molar-refractivity contribution in [2.45, 2.75) is 53.9 Å². The van der Waals surface area contributed by atoms with E-state index in [2.05, 4.69) is 51.0 Å². The van der Waals surface area contributed by atoms with Crippen molar-refractivity contribution in [2.75, 3.05) is 6.61 Å². The molecule has 0 aliphatic carbocycles. The van der Waals surface area contributed by atoms with Crippen molar-refractivity contribution < 1.29 is 4.74 Å². The Balaban J connectivity index is 2.08. The van der Waals surface area contributed by atoms with Gasteiger partial charge in [0.2, 0.25) is 0 Å². The van der Waals surface area contributed by atoms with Crippen LogP contribution >= 0.6 is 0 Å². The molecule has 0 spiro atoms. The summed E-state index contributed by atoms with van der Waals surface area (Å²) < 4.78 is 8.01. The van der Waals surface area contributed by atoms with E-state index < -0.39 is 0 Å². The van der Waals surface area contributed by atoms with Crippen LogP contribution in [-0.4, -0.2) is 16.4 Å². The number of rotatable bonds is 7. The van der Waals surface area contributed by atoms with Gasteiger partial charge in [-0.2, -0.15) is 5.10 Å². The predicted molar refractivity (Wildman–Crippen MR) is 91.8 cm³/mol. The number of ether oxygens (including phenoxy) is 1. The molecule has 1 aromatic heterocycles. The van der Waals surface area contributed by atoms with Crippen LogP contribution in [0, 0.1) is 19.3 Å². The normalized spacial score (nSPS) is 11.7. The number of aromatic nitrogens is 2. The summed E-state index contributed by atoms with van der Waals surface area (Å²) in [7, 11) is 0. The van der Waals surface area contributed by atoms with Crippen molar-refractivity contribution in [3.8, 4) is 11.4 Å². The summed E-state index contributed by atoms with van der Waals surface area (Å²) in [4.78, 5) is 0. The highest BCUT2D eigenvalue weighted by Crippen LogP contribution is 2.31. The number of aryl methyl sites for hydroxylation is 2. The van der Waals surface area contributed by atoms with Gasteiger partial charge in [-0.1, -0.05) is 20.8 Å². The molecule has 3 heteroatoms. The lowest BCUT2D eigenvalue weighted by Crippen LogP contribution is -2.26. The minimum atomic E-state index is 0.300. The van der Waals surface area contributed by atoms with Crippen molar-refractivity contribution in [1.82, 2.24) is 9.78 Å². The van der Waals surface area contributed by atoms with E-state index >= 15 is 0 Å². The quantitative estimate of drug-likeness (QED) is 0.712. The van der Waals surface area contributed by atoms with E-state index in [1.54, 1.807) is 0 Å². The van der Waals surface area contributed by atoms with E-state index in [0.717, 1.165) is 48.7 Å². The van der Waals surface area contributed by atoms with Crippen molar-refractivity contribution in [3.05, 3.63) is 41.7 Å². The fourth-order valence-electron chi connectivity index (χ4n) is 2.87. The van der Waals surface area contributed by atoms with Gasteiger partial charge in [0.1, 0.15) is 5.75 Å². The van der Waals surface area contributed by atoms with Crippen LogP contribution in [0.5, 0.6) is 5.75 Å². The first-order chi connectivity index (χ1) is 10.5. The molecule has 0 N–H and O–H groups in total. The summed E-state index contributed by atoms with van der Waals surface area (Å²) in [6.07, 6.45) is 3.47. The summed E-state index contributed by atoms with van der Waals surface area (Å²) in [5, 5.41) is 4.51. The SMILES string of the molecule is CCC(CC)(CC)COc1ccc(-n2nc(C)cc2C)cc1. The van der Waals surface area contributed by atoms with Gasteiger partial charge in [0.25, 0.3) is 0 Å². The Bertz CT molecular complexity index is 586. The highest BCUT2D eigenvalue weighted by molar-refractivity contribution is 5.38. The standard InChI is InChI=1S/C19H28N2O/c1-6-19(7-2,8-3)14-22-18-11-9-17(10-12-18)21-16(5)13-15(4)20-21/h9-13H,6-8,14H2,1-5H3. The number of hydrogen-bond acceptors (Lipinski definition) is 2. The van der Waals surface area contributed by atoms with Gasteiger partial charge in [0.15, 0.2) is 0 Å². The molecule has 2 rings (SSSR count). The van der Waals surface area contributed by atoms with Crippen LogP contribution in [0.15, 0.2) is 30.3 Å². The molecule has 0 aliphatic rings. The molecule has 0 unspecified atom stereocenters. The third-order valence-corrected chi connectivity index (χ3v) is 4.89. The molecule has 2 aromatic rings. The van der Waals surface area contributed by atoms with E-state index in [-0.39, 0.29) is 0 Å². The fourth-order valence-corrected chi connectivity index (χ4v) is 2.87. The molecular formula is C19H28N2O. The van der Waals surface area contributed by atoms with Crippen LogP contribution < -0.4 is 4.74 Å². The Morgan fingerprint density at radius 1 is 1.00 bits per heavy atom. The summed E-state index contributed by atoms with van der Waals surface area (Å²) >= 11 is 0. The minimum Gasteiger partial charge on any atom is -0.493 e. The molecule has 0 aliphatic heterocycles. The molecule has 0 bridgehead atoms.